The van der Waals surface area contributed by atoms with E-state index >= 15 is 0 Å². The largest absolute Gasteiger partial charge is 0.466 e. The van der Waals surface area contributed by atoms with E-state index in [4.69, 9.17) is 14.2 Å². The molecule has 1 saturated heterocycles. The summed E-state index contributed by atoms with van der Waals surface area (Å²) < 4.78 is 16.6. The minimum absolute atomic E-state index is 0.0809. The number of esters is 2. The summed E-state index contributed by atoms with van der Waals surface area (Å²) in [6.45, 7) is 1.45. The third kappa shape index (κ3) is 1.13. The lowest BCUT2D eigenvalue weighted by Gasteiger charge is -2.83. The number of hydrogen-bond acceptors (Lipinski definition) is 6. The summed E-state index contributed by atoms with van der Waals surface area (Å²) in [5, 5.41) is 10.3. The van der Waals surface area contributed by atoms with Gasteiger partial charge in [0.25, 0.3) is 0 Å². The number of methoxy groups -OCH3 is 1. The quantitative estimate of drug-likeness (QED) is 0.810. The molecule has 1 aromatic carbocycles. The van der Waals surface area contributed by atoms with Gasteiger partial charge in [-0.3, -0.25) is 4.79 Å². The summed E-state index contributed by atoms with van der Waals surface area (Å²) in [4.78, 5) is 25.1. The van der Waals surface area contributed by atoms with Gasteiger partial charge < -0.3 is 19.3 Å². The molecule has 0 spiro atoms. The van der Waals surface area contributed by atoms with Gasteiger partial charge in [-0.15, -0.1) is 0 Å². The fourth-order valence-electron chi connectivity index (χ4n) is 7.41. The summed E-state index contributed by atoms with van der Waals surface area (Å²) in [5.41, 5.74) is 1.10. The lowest BCUT2D eigenvalue weighted by atomic mass is 9.16. The maximum absolute atomic E-state index is 13.4. The first-order valence-electron chi connectivity index (χ1n) is 9.19. The Labute approximate surface area is 150 Å². The zero-order valence-electron chi connectivity index (χ0n) is 14.5. The molecule has 136 valence electrons. The summed E-state index contributed by atoms with van der Waals surface area (Å²) in [7, 11) is 1.28. The van der Waals surface area contributed by atoms with Crippen LogP contribution in [0, 0.1) is 22.7 Å². The predicted octanol–water partition coefficient (Wildman–Crippen LogP) is 0.978. The highest BCUT2D eigenvalue weighted by molar-refractivity contribution is 5.90. The molecule has 6 nitrogen and oxygen atoms in total. The highest BCUT2D eigenvalue weighted by Crippen LogP contribution is 2.95. The molecule has 1 aromatic rings. The van der Waals surface area contributed by atoms with Crippen LogP contribution in [0.5, 0.6) is 0 Å². The van der Waals surface area contributed by atoms with Crippen molar-refractivity contribution >= 4 is 11.9 Å². The standard InChI is InChI=1S/C20H20O6/c1-8(17(22)24-2)25-18(23)20-12-10-6-4-3-5-9(10)11-13(20)14-15(11)26-16(12)19(14,20)7-21/h3-6,8,11-16,21H,7H2,1-2H3/t8-,11-,12-,13+,14+,15-,16+,19+,20+/m0/s1. The van der Waals surface area contributed by atoms with Crippen molar-refractivity contribution in [1.82, 2.24) is 0 Å². The third-order valence-electron chi connectivity index (χ3n) is 8.08. The van der Waals surface area contributed by atoms with Crippen LogP contribution in [0.2, 0.25) is 0 Å². The molecule has 0 radical (unpaired) electrons. The van der Waals surface area contributed by atoms with Gasteiger partial charge in [0.15, 0.2) is 6.10 Å². The molecular weight excluding hydrogens is 336 g/mol. The normalized spacial score (nSPS) is 48.3. The molecule has 26 heavy (non-hydrogen) atoms. The summed E-state index contributed by atoms with van der Waals surface area (Å²) in [5.74, 6) is -0.521. The van der Waals surface area contributed by atoms with Gasteiger partial charge in [-0.05, 0) is 24.0 Å². The second kappa shape index (κ2) is 4.31. The Morgan fingerprint density at radius 1 is 1.27 bits per heavy atom. The van der Waals surface area contributed by atoms with Gasteiger partial charge in [0.05, 0.1) is 31.3 Å². The van der Waals surface area contributed by atoms with Crippen molar-refractivity contribution in [3.05, 3.63) is 35.4 Å². The number of carbonyl (C=O) groups is 2. The van der Waals surface area contributed by atoms with E-state index in [9.17, 15) is 14.7 Å². The van der Waals surface area contributed by atoms with Crippen molar-refractivity contribution in [3.63, 3.8) is 0 Å². The van der Waals surface area contributed by atoms with Gasteiger partial charge in [-0.25, -0.2) is 4.79 Å². The van der Waals surface area contributed by atoms with Crippen LogP contribution >= 0.6 is 0 Å². The maximum atomic E-state index is 13.4. The van der Waals surface area contributed by atoms with Crippen LogP contribution in [-0.2, 0) is 23.8 Å². The van der Waals surface area contributed by atoms with E-state index in [-0.39, 0.29) is 48.5 Å². The van der Waals surface area contributed by atoms with E-state index in [0.29, 0.717) is 0 Å². The van der Waals surface area contributed by atoms with Crippen molar-refractivity contribution in [2.45, 2.75) is 37.1 Å². The summed E-state index contributed by atoms with van der Waals surface area (Å²) in [6, 6.07) is 8.23. The number of rotatable bonds is 4. The molecule has 1 N–H and O–H groups in total. The first-order valence-corrected chi connectivity index (χ1v) is 9.19. The van der Waals surface area contributed by atoms with Gasteiger partial charge in [0.1, 0.15) is 0 Å². The maximum Gasteiger partial charge on any atom is 0.346 e. The average Bonchev–Trinajstić information content (AvgIpc) is 2.85. The Bertz CT molecular complexity index is 866. The molecule has 0 amide bonds. The molecule has 0 bridgehead atoms. The third-order valence-corrected chi connectivity index (χ3v) is 8.08. The van der Waals surface area contributed by atoms with E-state index < -0.39 is 22.9 Å². The van der Waals surface area contributed by atoms with Crippen LogP contribution in [-0.4, -0.2) is 49.1 Å². The van der Waals surface area contributed by atoms with Gasteiger partial charge in [0.2, 0.25) is 0 Å². The highest BCUT2D eigenvalue weighted by atomic mass is 16.6. The van der Waals surface area contributed by atoms with Crippen LogP contribution < -0.4 is 0 Å². The second-order valence-corrected chi connectivity index (χ2v) is 8.34. The Balaban J connectivity index is 1.47. The Morgan fingerprint density at radius 3 is 2.69 bits per heavy atom. The van der Waals surface area contributed by atoms with Crippen molar-refractivity contribution in [2.75, 3.05) is 13.7 Å². The van der Waals surface area contributed by atoms with Crippen LogP contribution in [0.15, 0.2) is 24.3 Å². The Kier molecular flexibility index (Phi) is 2.52. The molecule has 3 saturated carbocycles. The molecule has 6 rings (SSSR count). The van der Waals surface area contributed by atoms with Gasteiger partial charge in [-0.2, -0.15) is 0 Å². The van der Waals surface area contributed by atoms with Crippen LogP contribution in [0.25, 0.3) is 0 Å². The fourth-order valence-corrected chi connectivity index (χ4v) is 7.41. The molecule has 5 aliphatic rings. The van der Waals surface area contributed by atoms with E-state index in [1.54, 1.807) is 0 Å². The average molecular weight is 356 g/mol. The SMILES string of the molecule is COC(=O)[C@H](C)OC(=O)[C@]12[C@@H]3[C@@H]4c5ccccc5[C@H]1[C@H]1O[C@@H]4[C@@H]3[C@]12CO. The van der Waals surface area contributed by atoms with E-state index in [0.717, 1.165) is 5.56 Å². The molecular formula is C20H20O6. The van der Waals surface area contributed by atoms with Crippen LogP contribution in [0.4, 0.5) is 0 Å². The number of aliphatic hydroxyl groups excluding tert-OH is 1. The molecule has 0 aromatic heterocycles. The second-order valence-electron chi connectivity index (χ2n) is 8.34. The van der Waals surface area contributed by atoms with Gasteiger partial charge in [0, 0.05) is 23.2 Å². The number of benzene rings is 1. The fraction of sp³-hybridized carbons (Fsp3) is 0.600. The zero-order chi connectivity index (χ0) is 18.0. The molecule has 1 aliphatic heterocycles. The van der Waals surface area contributed by atoms with Crippen LogP contribution in [0.3, 0.4) is 0 Å². The summed E-state index contributed by atoms with van der Waals surface area (Å²) in [6.07, 6.45) is -1.01. The minimum atomic E-state index is -0.956. The minimum Gasteiger partial charge on any atom is -0.466 e. The molecule has 0 unspecified atom stereocenters. The smallest absolute Gasteiger partial charge is 0.346 e. The number of ether oxygens (including phenoxy) is 3. The lowest BCUT2D eigenvalue weighted by Crippen LogP contribution is -2.89. The van der Waals surface area contributed by atoms with Crippen molar-refractivity contribution in [1.29, 1.82) is 0 Å². The molecule has 4 aliphatic carbocycles. The van der Waals surface area contributed by atoms with E-state index in [2.05, 4.69) is 12.1 Å². The van der Waals surface area contributed by atoms with E-state index in [1.165, 1.54) is 19.6 Å². The van der Waals surface area contributed by atoms with Crippen molar-refractivity contribution in [2.24, 2.45) is 22.7 Å². The van der Waals surface area contributed by atoms with Crippen molar-refractivity contribution < 1.29 is 28.9 Å². The zero-order valence-corrected chi connectivity index (χ0v) is 14.5. The van der Waals surface area contributed by atoms with Gasteiger partial charge >= 0.3 is 11.9 Å². The van der Waals surface area contributed by atoms with Gasteiger partial charge in [-0.1, -0.05) is 24.3 Å². The predicted molar refractivity (Wildman–Crippen MR) is 87.1 cm³/mol. The topological polar surface area (TPSA) is 82.1 Å². The first-order chi connectivity index (χ1) is 12.6. The number of aliphatic hydroxyl groups is 1. The van der Waals surface area contributed by atoms with E-state index in [1.807, 2.05) is 12.1 Å². The molecule has 6 heteroatoms. The number of fused-ring (bicyclic) bond motifs is 5. The molecule has 1 heterocycles. The van der Waals surface area contributed by atoms with Crippen molar-refractivity contribution in [3.8, 4) is 0 Å². The van der Waals surface area contributed by atoms with Crippen LogP contribution in [0.1, 0.15) is 29.9 Å². The molecule has 9 atom stereocenters. The lowest BCUT2D eigenvalue weighted by molar-refractivity contribution is -0.341. The monoisotopic (exact) mass is 356 g/mol. The summed E-state index contributed by atoms with van der Waals surface area (Å²) >= 11 is 0. The Hall–Kier alpha value is -1.92. The first kappa shape index (κ1) is 15.2. The Morgan fingerprint density at radius 2 is 2.00 bits per heavy atom. The highest BCUT2D eigenvalue weighted by Gasteiger charge is 3.00. The number of hydrogen-bond donors (Lipinski definition) is 1. The molecule has 4 fully saturated rings. The number of carbonyl (C=O) groups excluding carboxylic acids is 2.